The highest BCUT2D eigenvalue weighted by atomic mass is 31.2. The summed E-state index contributed by atoms with van der Waals surface area (Å²) in [5.74, 6) is -2.21. The van der Waals surface area contributed by atoms with Crippen LogP contribution in [0.3, 0.4) is 0 Å². The van der Waals surface area contributed by atoms with Crippen molar-refractivity contribution in [3.05, 3.63) is 91.0 Å². The topological polar surface area (TPSA) is 332 Å². The van der Waals surface area contributed by atoms with Gasteiger partial charge in [-0.2, -0.15) is 0 Å². The van der Waals surface area contributed by atoms with Crippen molar-refractivity contribution in [2.75, 3.05) is 105 Å². The molecule has 0 fully saturated rings. The Morgan fingerprint density at radius 2 is 0.446 bits per heavy atom. The van der Waals surface area contributed by atoms with E-state index >= 15 is 0 Å². The third-order valence-electron chi connectivity index (χ3n) is 20.4. The van der Waals surface area contributed by atoms with Gasteiger partial charge in [0.1, 0.15) is 70.6 Å². The third kappa shape index (κ3) is 22.3. The van der Waals surface area contributed by atoms with Crippen LogP contribution in [-0.2, 0) is 99.8 Å². The first-order valence-corrected chi connectivity index (χ1v) is 47.4. The van der Waals surface area contributed by atoms with Crippen LogP contribution in [-0.4, -0.2) is 128 Å². The monoisotopic (exact) mass is 1640 g/mol. The maximum Gasteiger partial charge on any atom is 0.340 e. The van der Waals surface area contributed by atoms with Gasteiger partial charge >= 0.3 is 30.4 Å². The van der Waals surface area contributed by atoms with Crippen LogP contribution in [0, 0.1) is 0 Å². The van der Waals surface area contributed by atoms with Crippen molar-refractivity contribution < 1.29 is 112 Å². The van der Waals surface area contributed by atoms with E-state index in [-0.39, 0.29) is 79.0 Å². The highest BCUT2D eigenvalue weighted by Crippen LogP contribution is 2.60. The van der Waals surface area contributed by atoms with Crippen LogP contribution in [0.15, 0.2) is 24.3 Å². The summed E-state index contributed by atoms with van der Waals surface area (Å²) in [5.41, 5.74) is 7.45. The van der Waals surface area contributed by atoms with Gasteiger partial charge in [0.25, 0.3) is 0 Å². The molecule has 624 valence electrons. The Kier molecular flexibility index (Phi) is 34.5. The van der Waals surface area contributed by atoms with Gasteiger partial charge in [-0.3, -0.25) is 37.4 Å². The summed E-state index contributed by atoms with van der Waals surface area (Å²) < 4.78 is 159. The lowest BCUT2D eigenvalue weighted by Crippen LogP contribution is -2.31. The zero-order valence-corrected chi connectivity index (χ0v) is 71.2. The molecular formula is C80H120N4O24P4. The normalized spacial score (nSPS) is 16.8. The summed E-state index contributed by atoms with van der Waals surface area (Å²) in [5, 5.41) is 12.4. The van der Waals surface area contributed by atoms with Crippen LogP contribution < -0.4 is 59.2 Å². The zero-order chi connectivity index (χ0) is 80.6. The maximum absolute atomic E-state index is 14.6. The molecule has 4 aromatic rings. The third-order valence-corrected chi connectivity index (χ3v) is 28.3. The molecule has 28 nitrogen and oxygen atoms in total. The van der Waals surface area contributed by atoms with Gasteiger partial charge < -0.3 is 95.4 Å². The fourth-order valence-electron chi connectivity index (χ4n) is 15.7. The molecule has 0 unspecified atom stereocenters. The van der Waals surface area contributed by atoms with Crippen LogP contribution in [0.25, 0.3) is 0 Å². The Hall–Kier alpha value is -6.24. The smallest absolute Gasteiger partial charge is 0.340 e. The van der Waals surface area contributed by atoms with Gasteiger partial charge in [0.2, 0.25) is 50.8 Å². The first kappa shape index (κ1) is 89.7. The molecule has 8 bridgehead atoms. The predicted molar refractivity (Wildman–Crippen MR) is 424 cm³/mol. The van der Waals surface area contributed by atoms with Crippen molar-refractivity contribution in [2.45, 2.75) is 236 Å². The molecule has 4 amide bonds. The first-order chi connectivity index (χ1) is 54.1. The van der Waals surface area contributed by atoms with Gasteiger partial charge in [0.05, 0.1) is 101 Å². The molecule has 4 N–H and O–H groups in total. The van der Waals surface area contributed by atoms with Crippen molar-refractivity contribution in [1.82, 2.24) is 21.3 Å². The van der Waals surface area contributed by atoms with E-state index in [1.54, 1.807) is 55.4 Å². The van der Waals surface area contributed by atoms with Gasteiger partial charge in [-0.25, -0.2) is 0 Å². The fourth-order valence-corrected chi connectivity index (χ4v) is 21.8. The molecule has 32 heteroatoms. The second-order valence-electron chi connectivity index (χ2n) is 28.1. The molecule has 4 aromatic carbocycles. The molecule has 9 rings (SSSR count). The minimum absolute atomic E-state index is 0.0288. The number of unbranched alkanes of at least 4 members (excludes halogenated alkanes) is 8. The second-order valence-corrected chi connectivity index (χ2v) is 36.3. The lowest BCUT2D eigenvalue weighted by molar-refractivity contribution is -0.120. The first-order valence-electron chi connectivity index (χ1n) is 40.5. The summed E-state index contributed by atoms with van der Waals surface area (Å²) in [6.45, 7) is 19.5. The number of carbonyl (C=O) groups excluding carboxylic acids is 4. The van der Waals surface area contributed by atoms with Gasteiger partial charge in [0, 0.05) is 68.2 Å². The minimum Gasteiger partial charge on any atom is -0.457 e. The number of benzene rings is 4. The Labute approximate surface area is 661 Å². The van der Waals surface area contributed by atoms with E-state index in [9.17, 15) is 37.4 Å². The van der Waals surface area contributed by atoms with E-state index in [0.717, 1.165) is 51.4 Å². The van der Waals surface area contributed by atoms with Crippen LogP contribution in [0.2, 0.25) is 0 Å². The predicted octanol–water partition coefficient (Wildman–Crippen LogP) is 17.3. The molecule has 0 atom stereocenters. The summed E-state index contributed by atoms with van der Waals surface area (Å²) >= 11 is 0. The van der Waals surface area contributed by atoms with Crippen LogP contribution >= 0.6 is 30.4 Å². The molecule has 0 aromatic heterocycles. The largest absolute Gasteiger partial charge is 0.457 e. The van der Waals surface area contributed by atoms with Gasteiger partial charge in [-0.15, -0.1) is 0 Å². The van der Waals surface area contributed by atoms with E-state index in [0.29, 0.717) is 164 Å². The standard InChI is InChI=1S/C80H120N4O24P4/c1-13-25-29-33-53-57-37-59-54(34-30-26-14-2)61-39-63-56(36-32-28-16-4)64-40-62-55(35-31-27-15-3)60-38-58(53)74-66(42-82-70(86)46-110(90,103-19-7)104-20-8)76(60)96-51-98-78(62)68(44-84-72(88)48-112(92,107-23-11)108-24-12)80(64)100-52-99-79(63)67(43-83-71(87)47-111(91,105-21-9)106-22-10)77(61)97-50-95-75(59)65(73(57)93-49-94-74)41-81-69(85)45-109(89,101-17-5)102-18-6/h37-40,53-56H,13-36,41-52H2,1-12H3,(H,81,85)(H,82,86)(H,83,87)(H,84,88). The number of hydrogen-bond acceptors (Lipinski definition) is 24. The van der Waals surface area contributed by atoms with Crippen molar-refractivity contribution in [3.8, 4) is 46.0 Å². The SMILES string of the molecule is CCCCCC1c2cc3c4c(CNC(=O)CP(=O)(OCC)OCC)c2OCOc2c1cc1c(c2CNC(=O)CP(=O)(OCC)OCC)OCOc2c(cc5c(c2CNC(=O)CP(=O)(OCC)OCC)OCOc2c(cc(c(c2CNC(=O)CP(=O)(OCC)OCC)OCO4)C3CCCCC)C5CCCCC)C1CCCCC. The quantitative estimate of drug-likeness (QED) is 0.0236. The number of ether oxygens (including phenoxy) is 8. The molecule has 4 aliphatic heterocycles. The Bertz CT molecular complexity index is 3410. The van der Waals surface area contributed by atoms with Crippen LogP contribution in [0.4, 0.5) is 0 Å². The molecule has 5 aliphatic rings. The fraction of sp³-hybridized carbons (Fsp3) is 0.650. The van der Waals surface area contributed by atoms with E-state index in [2.05, 4.69) is 73.2 Å². The van der Waals surface area contributed by atoms with Crippen LogP contribution in [0.5, 0.6) is 46.0 Å². The zero-order valence-electron chi connectivity index (χ0n) is 67.7. The Balaban J connectivity index is 1.48. The highest BCUT2D eigenvalue weighted by molar-refractivity contribution is 7.55. The maximum atomic E-state index is 14.6. The molecule has 0 radical (unpaired) electrons. The minimum atomic E-state index is -3.95. The summed E-state index contributed by atoms with van der Waals surface area (Å²) in [6.07, 6.45) is 9.03. The molecule has 0 saturated carbocycles. The molecule has 112 heavy (non-hydrogen) atoms. The number of hydrogen-bond donors (Lipinski definition) is 4. The van der Waals surface area contributed by atoms with E-state index in [4.69, 9.17) is 74.1 Å². The number of nitrogens with one attached hydrogen (secondary N) is 4. The Morgan fingerprint density at radius 1 is 0.286 bits per heavy atom. The summed E-state index contributed by atoms with van der Waals surface area (Å²) in [7, 11) is -15.8. The average molecular weight is 1650 g/mol. The lowest BCUT2D eigenvalue weighted by Gasteiger charge is -2.38. The summed E-state index contributed by atoms with van der Waals surface area (Å²) in [4.78, 5) is 58.5. The van der Waals surface area contributed by atoms with Crippen molar-refractivity contribution in [3.63, 3.8) is 0 Å². The number of rotatable bonds is 48. The van der Waals surface area contributed by atoms with E-state index in [1.807, 2.05) is 0 Å². The van der Waals surface area contributed by atoms with E-state index < -0.39 is 130 Å². The summed E-state index contributed by atoms with van der Waals surface area (Å²) in [6, 6.07) is 8.66. The number of carbonyl (C=O) groups is 4. The molecule has 0 spiro atoms. The van der Waals surface area contributed by atoms with Crippen molar-refractivity contribution in [1.29, 1.82) is 0 Å². The second kappa shape index (κ2) is 43.1. The van der Waals surface area contributed by atoms with Crippen molar-refractivity contribution >= 4 is 54.0 Å². The highest BCUT2D eigenvalue weighted by Gasteiger charge is 2.44. The Morgan fingerprint density at radius 3 is 0.589 bits per heavy atom. The van der Waals surface area contributed by atoms with E-state index in [1.165, 1.54) is 0 Å². The van der Waals surface area contributed by atoms with Crippen molar-refractivity contribution in [2.24, 2.45) is 0 Å². The molecule has 1 aliphatic carbocycles. The van der Waals surface area contributed by atoms with Gasteiger partial charge in [0.15, 0.2) is 0 Å². The molecular weight excluding hydrogens is 1520 g/mol. The molecule has 4 heterocycles. The average Bonchev–Trinajstić information content (AvgIpc) is 0.720. The van der Waals surface area contributed by atoms with Gasteiger partial charge in [-0.05, 0) is 105 Å². The molecule has 0 saturated heterocycles. The van der Waals surface area contributed by atoms with Gasteiger partial charge in [-0.1, -0.05) is 105 Å². The van der Waals surface area contributed by atoms with Crippen LogP contribution in [0.1, 0.15) is 276 Å². The number of amides is 4. The lowest BCUT2D eigenvalue weighted by atomic mass is 9.74.